The maximum Gasteiger partial charge on any atom is 0.255 e. The summed E-state index contributed by atoms with van der Waals surface area (Å²) in [5, 5.41) is 2.87. The van der Waals surface area contributed by atoms with Gasteiger partial charge in [-0.1, -0.05) is 15.9 Å². The molecular formula is C15H20BrIN2O2. The van der Waals surface area contributed by atoms with Gasteiger partial charge in [0.25, 0.3) is 5.91 Å². The van der Waals surface area contributed by atoms with Crippen molar-refractivity contribution in [3.8, 4) is 0 Å². The third-order valence-electron chi connectivity index (χ3n) is 2.68. The van der Waals surface area contributed by atoms with Crippen molar-refractivity contribution in [3.05, 3.63) is 31.8 Å². The van der Waals surface area contributed by atoms with E-state index in [1.165, 1.54) is 0 Å². The number of hydrogen-bond acceptors (Lipinski definition) is 2. The highest BCUT2D eigenvalue weighted by molar-refractivity contribution is 14.1. The number of nitrogens with zero attached hydrogens (tertiary/aromatic N) is 1. The van der Waals surface area contributed by atoms with Crippen molar-refractivity contribution in [1.82, 2.24) is 10.2 Å². The number of carbonyl (C=O) groups excluding carboxylic acids is 2. The molecule has 4 nitrogen and oxygen atoms in total. The van der Waals surface area contributed by atoms with E-state index in [1.807, 2.05) is 39.8 Å². The SMILES string of the molecule is CCN(CC(=O)NC(C)(C)C)C(=O)c1cc(Br)ccc1I. The third kappa shape index (κ3) is 5.94. The second-order valence-electron chi connectivity index (χ2n) is 5.74. The number of benzene rings is 1. The molecule has 0 heterocycles. The molecule has 1 N–H and O–H groups in total. The Bertz CT molecular complexity index is 541. The predicted octanol–water partition coefficient (Wildman–Crippen LogP) is 3.43. The Hall–Kier alpha value is -0.630. The van der Waals surface area contributed by atoms with Crippen LogP contribution in [-0.2, 0) is 4.79 Å². The number of likely N-dealkylation sites (N-methyl/N-ethyl adjacent to an activating group) is 1. The van der Waals surface area contributed by atoms with E-state index in [-0.39, 0.29) is 23.9 Å². The minimum absolute atomic E-state index is 0.0647. The molecule has 0 unspecified atom stereocenters. The molecule has 6 heteroatoms. The summed E-state index contributed by atoms with van der Waals surface area (Å²) in [6.07, 6.45) is 0. The van der Waals surface area contributed by atoms with E-state index in [2.05, 4.69) is 43.8 Å². The van der Waals surface area contributed by atoms with Crippen LogP contribution in [0.3, 0.4) is 0 Å². The van der Waals surface area contributed by atoms with Crippen LogP contribution in [-0.4, -0.2) is 35.3 Å². The highest BCUT2D eigenvalue weighted by Gasteiger charge is 2.21. The lowest BCUT2D eigenvalue weighted by atomic mass is 10.1. The zero-order chi connectivity index (χ0) is 16.2. The van der Waals surface area contributed by atoms with E-state index < -0.39 is 0 Å². The van der Waals surface area contributed by atoms with Gasteiger partial charge in [0, 0.05) is 20.1 Å². The second-order valence-corrected chi connectivity index (χ2v) is 7.82. The van der Waals surface area contributed by atoms with E-state index in [0.717, 1.165) is 8.04 Å². The number of halogens is 2. The molecular weight excluding hydrogens is 447 g/mol. The lowest BCUT2D eigenvalue weighted by Crippen LogP contribution is -2.47. The van der Waals surface area contributed by atoms with Gasteiger partial charge in [0.15, 0.2) is 0 Å². The summed E-state index contributed by atoms with van der Waals surface area (Å²) < 4.78 is 1.72. The van der Waals surface area contributed by atoms with E-state index in [0.29, 0.717) is 12.1 Å². The summed E-state index contributed by atoms with van der Waals surface area (Å²) in [7, 11) is 0. The Labute approximate surface area is 147 Å². The highest BCUT2D eigenvalue weighted by atomic mass is 127. The van der Waals surface area contributed by atoms with Gasteiger partial charge in [0.05, 0.1) is 12.1 Å². The first-order valence-corrected chi connectivity index (χ1v) is 8.56. The molecule has 21 heavy (non-hydrogen) atoms. The van der Waals surface area contributed by atoms with Gasteiger partial charge in [0.2, 0.25) is 5.91 Å². The Morgan fingerprint density at radius 3 is 2.48 bits per heavy atom. The monoisotopic (exact) mass is 466 g/mol. The topological polar surface area (TPSA) is 49.4 Å². The van der Waals surface area contributed by atoms with Crippen molar-refractivity contribution in [2.45, 2.75) is 33.2 Å². The Kier molecular flexibility index (Phi) is 6.65. The molecule has 0 bridgehead atoms. The molecule has 1 rings (SSSR count). The van der Waals surface area contributed by atoms with Crippen LogP contribution >= 0.6 is 38.5 Å². The van der Waals surface area contributed by atoms with Crippen LogP contribution in [0.1, 0.15) is 38.1 Å². The second kappa shape index (κ2) is 7.58. The molecule has 0 aliphatic carbocycles. The third-order valence-corrected chi connectivity index (χ3v) is 4.11. The molecule has 116 valence electrons. The molecule has 1 aromatic rings. The quantitative estimate of drug-likeness (QED) is 0.691. The molecule has 2 amide bonds. The van der Waals surface area contributed by atoms with Crippen LogP contribution in [0.4, 0.5) is 0 Å². The predicted molar refractivity (Wildman–Crippen MR) is 96.3 cm³/mol. The largest absolute Gasteiger partial charge is 0.350 e. The maximum absolute atomic E-state index is 12.6. The van der Waals surface area contributed by atoms with Crippen molar-refractivity contribution in [1.29, 1.82) is 0 Å². The van der Waals surface area contributed by atoms with E-state index in [1.54, 1.807) is 11.0 Å². The minimum atomic E-state index is -0.302. The Morgan fingerprint density at radius 2 is 1.95 bits per heavy atom. The Balaban J connectivity index is 2.87. The van der Waals surface area contributed by atoms with Gasteiger partial charge in [-0.25, -0.2) is 0 Å². The smallest absolute Gasteiger partial charge is 0.255 e. The molecule has 0 atom stereocenters. The summed E-state index contributed by atoms with van der Waals surface area (Å²) >= 11 is 5.50. The maximum atomic E-state index is 12.6. The van der Waals surface area contributed by atoms with Crippen molar-refractivity contribution >= 4 is 50.3 Å². The molecule has 0 saturated carbocycles. The molecule has 0 aromatic heterocycles. The van der Waals surface area contributed by atoms with Crippen LogP contribution in [0.2, 0.25) is 0 Å². The number of hydrogen-bond donors (Lipinski definition) is 1. The number of amides is 2. The van der Waals surface area contributed by atoms with Gasteiger partial charge in [-0.3, -0.25) is 9.59 Å². The molecule has 0 aliphatic rings. The van der Waals surface area contributed by atoms with Gasteiger partial charge < -0.3 is 10.2 Å². The zero-order valence-corrected chi connectivity index (χ0v) is 16.4. The fourth-order valence-corrected chi connectivity index (χ4v) is 2.72. The van der Waals surface area contributed by atoms with Gasteiger partial charge in [-0.05, 0) is 68.5 Å². The average molecular weight is 467 g/mol. The molecule has 0 aliphatic heterocycles. The van der Waals surface area contributed by atoms with Gasteiger partial charge >= 0.3 is 0 Å². The molecule has 0 radical (unpaired) electrons. The zero-order valence-electron chi connectivity index (χ0n) is 12.7. The van der Waals surface area contributed by atoms with Crippen LogP contribution in [0.5, 0.6) is 0 Å². The fourth-order valence-electron chi connectivity index (χ4n) is 1.79. The first kappa shape index (κ1) is 18.4. The normalized spacial score (nSPS) is 11.1. The van der Waals surface area contributed by atoms with Crippen LogP contribution in [0.25, 0.3) is 0 Å². The van der Waals surface area contributed by atoms with Gasteiger partial charge in [-0.2, -0.15) is 0 Å². The van der Waals surface area contributed by atoms with Crippen LogP contribution in [0.15, 0.2) is 22.7 Å². The van der Waals surface area contributed by atoms with Gasteiger partial charge in [0.1, 0.15) is 0 Å². The standard InChI is InChI=1S/C15H20BrIN2O2/c1-5-19(9-13(20)18-15(2,3)4)14(21)11-8-10(16)6-7-12(11)17/h6-8H,5,9H2,1-4H3,(H,18,20). The summed E-state index contributed by atoms with van der Waals surface area (Å²) in [5.41, 5.74) is 0.305. The lowest BCUT2D eigenvalue weighted by molar-refractivity contribution is -0.123. The fraction of sp³-hybridized carbons (Fsp3) is 0.467. The van der Waals surface area contributed by atoms with Crippen LogP contribution in [0, 0.1) is 3.57 Å². The minimum Gasteiger partial charge on any atom is -0.350 e. The highest BCUT2D eigenvalue weighted by Crippen LogP contribution is 2.20. The van der Waals surface area contributed by atoms with E-state index in [4.69, 9.17) is 0 Å². The van der Waals surface area contributed by atoms with Crippen molar-refractivity contribution in [2.24, 2.45) is 0 Å². The first-order chi connectivity index (χ1) is 9.64. The van der Waals surface area contributed by atoms with Crippen molar-refractivity contribution in [2.75, 3.05) is 13.1 Å². The summed E-state index contributed by atoms with van der Waals surface area (Å²) in [6, 6.07) is 5.55. The van der Waals surface area contributed by atoms with E-state index >= 15 is 0 Å². The summed E-state index contributed by atoms with van der Waals surface area (Å²) in [4.78, 5) is 26.1. The molecule has 0 fully saturated rings. The molecule has 1 aromatic carbocycles. The van der Waals surface area contributed by atoms with Gasteiger partial charge in [-0.15, -0.1) is 0 Å². The van der Waals surface area contributed by atoms with Crippen molar-refractivity contribution < 1.29 is 9.59 Å². The first-order valence-electron chi connectivity index (χ1n) is 6.69. The number of carbonyl (C=O) groups is 2. The van der Waals surface area contributed by atoms with Crippen LogP contribution < -0.4 is 5.32 Å². The average Bonchev–Trinajstić information content (AvgIpc) is 2.36. The van der Waals surface area contributed by atoms with E-state index in [9.17, 15) is 9.59 Å². The number of nitrogens with one attached hydrogen (secondary N) is 1. The summed E-state index contributed by atoms with van der Waals surface area (Å²) in [6.45, 7) is 8.17. The molecule has 0 saturated heterocycles. The Morgan fingerprint density at radius 1 is 1.33 bits per heavy atom. The van der Waals surface area contributed by atoms with Crippen molar-refractivity contribution in [3.63, 3.8) is 0 Å². The number of rotatable bonds is 4. The molecule has 0 spiro atoms. The summed E-state index contributed by atoms with van der Waals surface area (Å²) in [5.74, 6) is -0.282. The lowest BCUT2D eigenvalue weighted by Gasteiger charge is -2.25.